The molecule has 2 atom stereocenters. The van der Waals surface area contributed by atoms with E-state index in [2.05, 4.69) is 13.8 Å². The largest absolute Gasteiger partial charge is 0.213 e. The number of piperidine rings is 1. The van der Waals surface area contributed by atoms with Crippen molar-refractivity contribution in [3.63, 3.8) is 0 Å². The zero-order chi connectivity index (χ0) is 13.1. The Hall–Kier alpha value is 0.200. The van der Waals surface area contributed by atoms with Crippen LogP contribution in [0.25, 0.3) is 0 Å². The van der Waals surface area contributed by atoms with E-state index in [9.17, 15) is 8.42 Å². The van der Waals surface area contributed by atoms with Crippen LogP contribution in [0.5, 0.6) is 0 Å². The maximum atomic E-state index is 11.5. The quantitative estimate of drug-likeness (QED) is 0.727. The monoisotopic (exact) mass is 281 g/mol. The summed E-state index contributed by atoms with van der Waals surface area (Å²) in [4.78, 5) is 0. The lowest BCUT2D eigenvalue weighted by Crippen LogP contribution is -2.40. The van der Waals surface area contributed by atoms with Crippen molar-refractivity contribution in [1.82, 2.24) is 4.31 Å². The molecule has 1 heterocycles. The second-order valence-corrected chi connectivity index (χ2v) is 7.81. The second-order valence-electron chi connectivity index (χ2n) is 5.52. The number of alkyl halides is 1. The number of nitrogens with zero attached hydrogens (tertiary/aromatic N) is 1. The predicted molar refractivity (Wildman–Crippen MR) is 72.8 cm³/mol. The highest BCUT2D eigenvalue weighted by Crippen LogP contribution is 2.28. The number of sulfonamides is 1. The van der Waals surface area contributed by atoms with Gasteiger partial charge in [-0.2, -0.15) is 0 Å². The molecule has 0 aromatic rings. The molecule has 5 heteroatoms. The molecule has 1 aliphatic rings. The van der Waals surface area contributed by atoms with Gasteiger partial charge in [0.2, 0.25) is 10.0 Å². The Morgan fingerprint density at radius 2 is 2.06 bits per heavy atom. The van der Waals surface area contributed by atoms with E-state index >= 15 is 0 Å². The Morgan fingerprint density at radius 1 is 1.41 bits per heavy atom. The molecule has 17 heavy (non-hydrogen) atoms. The third kappa shape index (κ3) is 4.76. The molecule has 0 aromatic heterocycles. The van der Waals surface area contributed by atoms with Gasteiger partial charge in [0.15, 0.2) is 0 Å². The van der Waals surface area contributed by atoms with Gasteiger partial charge in [0, 0.05) is 19.0 Å². The minimum atomic E-state index is -3.02. The van der Waals surface area contributed by atoms with Crippen LogP contribution in [0.1, 0.15) is 33.1 Å². The zero-order valence-electron chi connectivity index (χ0n) is 11.0. The minimum absolute atomic E-state index is 0.477. The number of hydrogen-bond acceptors (Lipinski definition) is 2. The van der Waals surface area contributed by atoms with Crippen molar-refractivity contribution in [3.05, 3.63) is 0 Å². The number of rotatable bonds is 5. The highest BCUT2D eigenvalue weighted by Gasteiger charge is 2.28. The summed E-state index contributed by atoms with van der Waals surface area (Å²) >= 11 is 5.98. The molecule has 0 N–H and O–H groups in total. The second kappa shape index (κ2) is 6.39. The van der Waals surface area contributed by atoms with Crippen molar-refractivity contribution < 1.29 is 8.42 Å². The molecule has 2 unspecified atom stereocenters. The van der Waals surface area contributed by atoms with E-state index in [1.54, 1.807) is 4.31 Å². The first-order valence-corrected chi connectivity index (χ1v) is 8.74. The van der Waals surface area contributed by atoms with Gasteiger partial charge in [-0.25, -0.2) is 12.7 Å². The van der Waals surface area contributed by atoms with Gasteiger partial charge in [0.25, 0.3) is 0 Å². The van der Waals surface area contributed by atoms with E-state index in [4.69, 9.17) is 11.6 Å². The first kappa shape index (κ1) is 15.3. The molecule has 1 fully saturated rings. The fraction of sp³-hybridized carbons (Fsp3) is 1.00. The van der Waals surface area contributed by atoms with Crippen molar-refractivity contribution in [1.29, 1.82) is 0 Å². The molecule has 0 aliphatic carbocycles. The van der Waals surface area contributed by atoms with Crippen LogP contribution in [0.3, 0.4) is 0 Å². The molecule has 0 radical (unpaired) electrons. The summed E-state index contributed by atoms with van der Waals surface area (Å²) in [5.41, 5.74) is 0. The van der Waals surface area contributed by atoms with Crippen molar-refractivity contribution in [3.8, 4) is 0 Å². The third-order valence-electron chi connectivity index (χ3n) is 3.73. The molecule has 0 spiro atoms. The van der Waals surface area contributed by atoms with Gasteiger partial charge in [-0.3, -0.25) is 0 Å². The Labute approximate surface area is 111 Å². The predicted octanol–water partition coefficient (Wildman–Crippen LogP) is 2.56. The van der Waals surface area contributed by atoms with Gasteiger partial charge in [-0.1, -0.05) is 13.8 Å². The van der Waals surface area contributed by atoms with Gasteiger partial charge in [0.1, 0.15) is 0 Å². The fourth-order valence-corrected chi connectivity index (χ4v) is 3.89. The summed E-state index contributed by atoms with van der Waals surface area (Å²) in [6.07, 6.45) is 4.46. The van der Waals surface area contributed by atoms with E-state index in [0.29, 0.717) is 36.7 Å². The average Bonchev–Trinajstić information content (AvgIpc) is 2.24. The van der Waals surface area contributed by atoms with Crippen LogP contribution >= 0.6 is 11.6 Å². The lowest BCUT2D eigenvalue weighted by molar-refractivity contribution is 0.218. The summed E-state index contributed by atoms with van der Waals surface area (Å²) in [6, 6.07) is 0. The van der Waals surface area contributed by atoms with Crippen molar-refractivity contribution >= 4 is 21.6 Å². The average molecular weight is 282 g/mol. The fourth-order valence-electron chi connectivity index (χ4n) is 2.46. The summed E-state index contributed by atoms with van der Waals surface area (Å²) in [5, 5.41) is 0. The highest BCUT2D eigenvalue weighted by molar-refractivity contribution is 7.88. The molecule has 3 nitrogen and oxygen atoms in total. The lowest BCUT2D eigenvalue weighted by atomic mass is 9.84. The number of hydrogen-bond donors (Lipinski definition) is 0. The summed E-state index contributed by atoms with van der Waals surface area (Å²) in [7, 11) is -3.02. The van der Waals surface area contributed by atoms with Crippen LogP contribution in [-0.2, 0) is 10.0 Å². The molecule has 102 valence electrons. The van der Waals surface area contributed by atoms with Gasteiger partial charge in [-0.15, -0.1) is 11.6 Å². The third-order valence-corrected chi connectivity index (χ3v) is 5.39. The van der Waals surface area contributed by atoms with Gasteiger partial charge >= 0.3 is 0 Å². The SMILES string of the molecule is CC(C)C(CCl)CC1CCCN(S(C)(=O)=O)C1. The maximum Gasteiger partial charge on any atom is 0.211 e. The smallest absolute Gasteiger partial charge is 0.211 e. The summed E-state index contributed by atoms with van der Waals surface area (Å²) in [5.74, 6) is 2.22. The van der Waals surface area contributed by atoms with Crippen LogP contribution in [0.4, 0.5) is 0 Å². The van der Waals surface area contributed by atoms with E-state index in [-0.39, 0.29) is 0 Å². The minimum Gasteiger partial charge on any atom is -0.213 e. The van der Waals surface area contributed by atoms with Crippen LogP contribution in [0.2, 0.25) is 0 Å². The van der Waals surface area contributed by atoms with E-state index < -0.39 is 10.0 Å². The van der Waals surface area contributed by atoms with Crippen LogP contribution in [0, 0.1) is 17.8 Å². The Balaban J connectivity index is 2.55. The van der Waals surface area contributed by atoms with E-state index in [1.165, 1.54) is 6.26 Å². The molecule has 0 aromatic carbocycles. The lowest BCUT2D eigenvalue weighted by Gasteiger charge is -2.33. The van der Waals surface area contributed by atoms with Gasteiger partial charge < -0.3 is 0 Å². The van der Waals surface area contributed by atoms with Gasteiger partial charge in [-0.05, 0) is 37.0 Å². The summed E-state index contributed by atoms with van der Waals surface area (Å²) < 4.78 is 24.7. The molecule has 0 saturated carbocycles. The molecule has 1 aliphatic heterocycles. The highest BCUT2D eigenvalue weighted by atomic mass is 35.5. The molecule has 1 saturated heterocycles. The molecular formula is C12H24ClNO2S. The van der Waals surface area contributed by atoms with Crippen molar-refractivity contribution in [2.45, 2.75) is 33.1 Å². The maximum absolute atomic E-state index is 11.5. The van der Waals surface area contributed by atoms with Gasteiger partial charge in [0.05, 0.1) is 6.26 Å². The van der Waals surface area contributed by atoms with Crippen molar-refractivity contribution in [2.75, 3.05) is 25.2 Å². The standard InChI is InChI=1S/C12H24ClNO2S/c1-10(2)12(8-13)7-11-5-4-6-14(9-11)17(3,15)16/h10-12H,4-9H2,1-3H3. The van der Waals surface area contributed by atoms with Crippen LogP contribution in [0.15, 0.2) is 0 Å². The molecule has 1 rings (SSSR count). The van der Waals surface area contributed by atoms with E-state index in [1.807, 2.05) is 0 Å². The van der Waals surface area contributed by atoms with Crippen molar-refractivity contribution in [2.24, 2.45) is 17.8 Å². The Bertz CT molecular complexity index is 329. The number of halogens is 1. The molecule has 0 amide bonds. The van der Waals surface area contributed by atoms with Crippen LogP contribution in [-0.4, -0.2) is 37.9 Å². The topological polar surface area (TPSA) is 37.4 Å². The normalized spacial score (nSPS) is 25.1. The zero-order valence-corrected chi connectivity index (χ0v) is 12.6. The van der Waals surface area contributed by atoms with Crippen LogP contribution < -0.4 is 0 Å². The Kier molecular flexibility index (Phi) is 5.74. The molecule has 0 bridgehead atoms. The first-order chi connectivity index (χ1) is 7.84. The van der Waals surface area contributed by atoms with E-state index in [0.717, 1.165) is 19.3 Å². The summed E-state index contributed by atoms with van der Waals surface area (Å²) in [6.45, 7) is 5.73. The first-order valence-electron chi connectivity index (χ1n) is 6.35. The molecular weight excluding hydrogens is 258 g/mol. The Morgan fingerprint density at radius 3 is 2.53 bits per heavy atom.